The predicted molar refractivity (Wildman–Crippen MR) is 638 cm³/mol. The maximum Gasteiger partial charge on any atom is 0.0645 e. The molecule has 0 aliphatic rings. The van der Waals surface area contributed by atoms with Crippen molar-refractivity contribution in [1.29, 1.82) is 0 Å². The highest BCUT2D eigenvalue weighted by atomic mass is 15.0. The Morgan fingerprint density at radius 2 is 0.389 bits per heavy atom. The number of benzene rings is 28. The van der Waals surface area contributed by atoms with E-state index in [1.807, 2.05) is 18.5 Å². The summed E-state index contributed by atoms with van der Waals surface area (Å²) in [6.07, 6.45) is 3.77. The van der Waals surface area contributed by atoms with Gasteiger partial charge in [0.1, 0.15) is 0 Å². The average molecular weight is 1890 g/mol. The van der Waals surface area contributed by atoms with Crippen molar-refractivity contribution in [2.45, 2.75) is 0 Å². The molecule has 32 aromatic rings. The molecule has 0 aliphatic carbocycles. The smallest absolute Gasteiger partial charge is 0.0645 e. The molecule has 28 aromatic carbocycles. The van der Waals surface area contributed by atoms with Crippen LogP contribution in [0.3, 0.4) is 0 Å². The van der Waals surface area contributed by atoms with E-state index < -0.39 is 0 Å². The third-order valence-electron chi connectivity index (χ3n) is 31.7. The van der Waals surface area contributed by atoms with E-state index in [4.69, 9.17) is 0 Å². The molecule has 4 heteroatoms. The number of hydrogen-bond donors (Lipinski definition) is 0. The monoisotopic (exact) mass is 1890 g/mol. The quantitative estimate of drug-likeness (QED) is 0.105. The first-order valence-electron chi connectivity index (χ1n) is 51.5. The molecule has 690 valence electrons. The lowest BCUT2D eigenvalue weighted by molar-refractivity contribution is 1.14. The Morgan fingerprint density at radius 1 is 0.128 bits per heavy atom. The number of para-hydroxylation sites is 3. The largest absolute Gasteiger partial charge is 0.309 e. The van der Waals surface area contributed by atoms with Crippen LogP contribution in [-0.4, -0.2) is 18.7 Å². The highest BCUT2D eigenvalue weighted by Gasteiger charge is 2.28. The van der Waals surface area contributed by atoms with Crippen LogP contribution in [0.25, 0.3) is 300 Å². The van der Waals surface area contributed by atoms with E-state index in [0.29, 0.717) is 0 Å². The van der Waals surface area contributed by atoms with Gasteiger partial charge in [0.25, 0.3) is 0 Å². The van der Waals surface area contributed by atoms with Gasteiger partial charge in [-0.25, -0.2) is 0 Å². The van der Waals surface area contributed by atoms with Gasteiger partial charge in [0.15, 0.2) is 0 Å². The molecule has 149 heavy (non-hydrogen) atoms. The summed E-state index contributed by atoms with van der Waals surface area (Å²) in [7, 11) is 0. The molecule has 0 bridgehead atoms. The van der Waals surface area contributed by atoms with Crippen LogP contribution < -0.4 is 0 Å². The lowest BCUT2D eigenvalue weighted by Gasteiger charge is -2.19. The van der Waals surface area contributed by atoms with E-state index in [2.05, 4.69) is 546 Å². The van der Waals surface area contributed by atoms with Gasteiger partial charge < -0.3 is 13.7 Å². The summed E-state index contributed by atoms with van der Waals surface area (Å²) < 4.78 is 7.19. The zero-order valence-electron chi connectivity index (χ0n) is 81.3. The van der Waals surface area contributed by atoms with Crippen molar-refractivity contribution in [2.24, 2.45) is 0 Å². The van der Waals surface area contributed by atoms with E-state index in [-0.39, 0.29) is 0 Å². The third kappa shape index (κ3) is 13.5. The number of aromatic nitrogens is 4. The molecule has 0 atom stereocenters. The first kappa shape index (κ1) is 85.0. The molecule has 4 heterocycles. The van der Waals surface area contributed by atoms with Gasteiger partial charge in [-0.1, -0.05) is 431 Å². The minimum absolute atomic E-state index is 1.06. The fourth-order valence-corrected chi connectivity index (χ4v) is 25.4. The molecular formula is C145H90N4. The van der Waals surface area contributed by atoms with Crippen molar-refractivity contribution >= 4 is 216 Å². The number of pyridine rings is 1. The number of rotatable bonds is 9. The van der Waals surface area contributed by atoms with Crippen molar-refractivity contribution in [1.82, 2.24) is 18.7 Å². The van der Waals surface area contributed by atoms with Gasteiger partial charge in [-0.2, -0.15) is 0 Å². The lowest BCUT2D eigenvalue weighted by Crippen LogP contribution is -1.95. The van der Waals surface area contributed by atoms with Crippen LogP contribution in [0.2, 0.25) is 0 Å². The average Bonchev–Trinajstić information content (AvgIpc) is 1.59. The molecule has 0 spiro atoms. The fraction of sp³-hybridized carbons (Fsp3) is 0. The number of hydrogen-bond acceptors (Lipinski definition) is 1. The van der Waals surface area contributed by atoms with Crippen molar-refractivity contribution in [3.8, 4) is 83.8 Å². The predicted octanol–water partition coefficient (Wildman–Crippen LogP) is 39.9. The third-order valence-corrected chi connectivity index (χ3v) is 31.7. The van der Waals surface area contributed by atoms with Crippen LogP contribution >= 0.6 is 0 Å². The Hall–Kier alpha value is -19.7. The van der Waals surface area contributed by atoms with Gasteiger partial charge in [0.05, 0.1) is 50.7 Å². The van der Waals surface area contributed by atoms with E-state index in [1.54, 1.807) is 0 Å². The van der Waals surface area contributed by atoms with Gasteiger partial charge in [-0.3, -0.25) is 4.98 Å². The van der Waals surface area contributed by atoms with E-state index in [9.17, 15) is 0 Å². The summed E-state index contributed by atoms with van der Waals surface area (Å²) in [4.78, 5) is 4.44. The van der Waals surface area contributed by atoms with Gasteiger partial charge >= 0.3 is 0 Å². The summed E-state index contributed by atoms with van der Waals surface area (Å²) in [5.41, 5.74) is 25.8. The Labute approximate surface area is 858 Å². The first-order valence-corrected chi connectivity index (χ1v) is 51.5. The molecule has 0 fully saturated rings. The SMILES string of the molecule is c1ccc2c(-n3c4ccccc4c4cc(-c5c6ccccc6c(-c6cc7ccccc7c7ccccc67)c6ccccc56)ccc43)cccc2c1.c1ccc2cc(-n3c4ccccc4c4cc(-c5c6ccccc6c(-c6cc7ccccc7c7ccccc67)c6ccccc56)ccc43)ccc2c1.c1cncc(-n2c3ccccc3c3cc(-c4c5ccccc5c(-c5cc6ccccc6c6ccccc56)c5ccccc45)ccc32)c1. The van der Waals surface area contributed by atoms with Crippen molar-refractivity contribution < 1.29 is 0 Å². The molecule has 0 unspecified atom stereocenters. The normalized spacial score (nSPS) is 11.9. The lowest BCUT2D eigenvalue weighted by atomic mass is 9.83. The van der Waals surface area contributed by atoms with Crippen LogP contribution in [0.5, 0.6) is 0 Å². The Morgan fingerprint density at radius 3 is 0.745 bits per heavy atom. The number of nitrogens with zero attached hydrogens (tertiary/aromatic N) is 4. The van der Waals surface area contributed by atoms with E-state index >= 15 is 0 Å². The molecule has 0 saturated heterocycles. The van der Waals surface area contributed by atoms with Gasteiger partial charge in [-0.15, -0.1) is 0 Å². The molecule has 4 nitrogen and oxygen atoms in total. The highest BCUT2D eigenvalue weighted by molar-refractivity contribution is 6.31. The van der Waals surface area contributed by atoms with Crippen molar-refractivity contribution in [3.63, 3.8) is 0 Å². The maximum atomic E-state index is 4.44. The zero-order valence-corrected chi connectivity index (χ0v) is 81.3. The van der Waals surface area contributed by atoms with Crippen molar-refractivity contribution in [3.05, 3.63) is 546 Å². The molecule has 4 aromatic heterocycles. The van der Waals surface area contributed by atoms with Gasteiger partial charge in [0.2, 0.25) is 0 Å². The molecule has 0 aliphatic heterocycles. The minimum Gasteiger partial charge on any atom is -0.309 e. The van der Waals surface area contributed by atoms with E-state index in [1.165, 1.54) is 294 Å². The Balaban J connectivity index is 0.000000103. The molecule has 32 rings (SSSR count). The fourth-order valence-electron chi connectivity index (χ4n) is 25.4. The van der Waals surface area contributed by atoms with Crippen LogP contribution in [0.15, 0.2) is 546 Å². The van der Waals surface area contributed by atoms with Crippen LogP contribution in [0, 0.1) is 0 Å². The summed E-state index contributed by atoms with van der Waals surface area (Å²) in [5, 5.41) is 43.0. The van der Waals surface area contributed by atoms with Gasteiger partial charge in [-0.05, 0) is 315 Å². The summed E-state index contributed by atoms with van der Waals surface area (Å²) in [6.45, 7) is 0. The Bertz CT molecular complexity index is 11100. The first-order chi connectivity index (χ1) is 74.0. The van der Waals surface area contributed by atoms with Crippen LogP contribution in [0.1, 0.15) is 0 Å². The molecule has 0 amide bonds. The summed E-state index contributed by atoms with van der Waals surface area (Å²) >= 11 is 0. The van der Waals surface area contributed by atoms with E-state index in [0.717, 1.165) is 5.69 Å². The highest BCUT2D eigenvalue weighted by Crippen LogP contribution is 2.54. The van der Waals surface area contributed by atoms with Crippen LogP contribution in [-0.2, 0) is 0 Å². The second kappa shape index (κ2) is 34.6. The second-order valence-electron chi connectivity index (χ2n) is 39.6. The zero-order chi connectivity index (χ0) is 97.8. The topological polar surface area (TPSA) is 27.7 Å². The standard InChI is InChI=1S/2C50H31N.C45H28N2/c1-4-18-36-32(14-1)16-13-27-46(36)51-47-26-12-11-21-39(47)44-31-34(28-29-48(44)51)49-40-22-7-9-24-42(40)50(43-25-10-8-23-41(43)49)45-30-33-15-2-3-17-35(33)37-19-5-6-20-38(37)45;1-2-14-33-29-36(27-25-32(33)13-1)51-47-24-12-11-19-40(47)45-31-35(26-28-48(45)51)49-41-20-7-9-22-43(41)50(44-23-10-8-21-42(44)49)46-30-34-15-3-4-16-37(34)38-17-5-6-18-39(38)46;1-2-14-32-29(12-1)26-41(34-16-4-3-15-33(32)34)45-38-20-7-5-18-36(38)44(37-19-6-8-21-39(37)45)30-23-24-43-40(27-30)35-17-9-10-22-42(35)47(43)31-13-11-25-46-28-31/h2*1-31H;1-28H. The molecule has 0 radical (unpaired) electrons. The second-order valence-corrected chi connectivity index (χ2v) is 39.6. The van der Waals surface area contributed by atoms with Crippen molar-refractivity contribution in [2.75, 3.05) is 0 Å². The minimum atomic E-state index is 1.06. The summed E-state index contributed by atoms with van der Waals surface area (Å²) in [5.74, 6) is 0. The molecule has 0 N–H and O–H groups in total. The maximum absolute atomic E-state index is 4.44. The van der Waals surface area contributed by atoms with Gasteiger partial charge in [0, 0.05) is 49.6 Å². The summed E-state index contributed by atoms with van der Waals surface area (Å²) in [6, 6.07) is 196. The molecular weight excluding hydrogens is 1800 g/mol. The Kier molecular flexibility index (Phi) is 19.7. The van der Waals surface area contributed by atoms with Crippen LogP contribution in [0.4, 0.5) is 0 Å². The number of fused-ring (bicyclic) bond motifs is 26. The molecule has 0 saturated carbocycles.